The lowest BCUT2D eigenvalue weighted by Gasteiger charge is -2.07. The Morgan fingerprint density at radius 2 is 2.10 bits per heavy atom. The van der Waals surface area contributed by atoms with Crippen LogP contribution in [0.2, 0.25) is 0 Å². The number of anilines is 1. The molecule has 0 saturated heterocycles. The molecular weight excluding hydrogens is 279 g/mol. The van der Waals surface area contributed by atoms with E-state index in [2.05, 4.69) is 9.97 Å². The number of hydrogen-bond donors (Lipinski definition) is 1. The summed E-state index contributed by atoms with van der Waals surface area (Å²) < 4.78 is 18.9. The van der Waals surface area contributed by atoms with Crippen molar-refractivity contribution in [1.29, 1.82) is 0 Å². The molecule has 0 amide bonds. The van der Waals surface area contributed by atoms with Gasteiger partial charge in [0.25, 0.3) is 0 Å². The van der Waals surface area contributed by atoms with E-state index >= 15 is 0 Å². The molecule has 0 spiro atoms. The largest absolute Gasteiger partial charge is 0.439 e. The molecule has 3 rings (SSSR count). The van der Waals surface area contributed by atoms with E-state index in [0.29, 0.717) is 11.7 Å². The molecule has 2 N–H and O–H groups in total. The van der Waals surface area contributed by atoms with Crippen molar-refractivity contribution in [3.05, 3.63) is 46.0 Å². The molecule has 0 atom stereocenters. The topological polar surface area (TPSA) is 104 Å². The second-order valence-electron chi connectivity index (χ2n) is 4.74. The van der Waals surface area contributed by atoms with E-state index in [1.165, 1.54) is 12.1 Å². The summed E-state index contributed by atoms with van der Waals surface area (Å²) >= 11 is 0. The zero-order valence-corrected chi connectivity index (χ0v) is 10.8. The van der Waals surface area contributed by atoms with E-state index in [-0.39, 0.29) is 17.4 Å². The average Bonchev–Trinajstić information content (AvgIpc) is 3.21. The quantitative estimate of drug-likeness (QED) is 0.685. The zero-order chi connectivity index (χ0) is 15.0. The lowest BCUT2D eigenvalue weighted by Crippen LogP contribution is -2.00. The van der Waals surface area contributed by atoms with Gasteiger partial charge in [-0.25, -0.2) is 4.98 Å². The maximum absolute atomic E-state index is 13.5. The standard InChI is InChI=1S/C13H11FN4O3/c14-9-5-8(3-4-10(9)18(19)20)21-12-6-11(15)16-13(17-12)7-1-2-7/h3-7H,1-2H2,(H2,15,16,17). The van der Waals surface area contributed by atoms with Crippen LogP contribution >= 0.6 is 0 Å². The number of benzene rings is 1. The number of halogens is 1. The molecule has 0 unspecified atom stereocenters. The number of ether oxygens (including phenoxy) is 1. The van der Waals surface area contributed by atoms with Gasteiger partial charge < -0.3 is 10.5 Å². The van der Waals surface area contributed by atoms with Gasteiger partial charge in [-0.2, -0.15) is 9.37 Å². The van der Waals surface area contributed by atoms with Crippen LogP contribution < -0.4 is 10.5 Å². The van der Waals surface area contributed by atoms with Gasteiger partial charge in [0, 0.05) is 24.1 Å². The zero-order valence-electron chi connectivity index (χ0n) is 10.8. The van der Waals surface area contributed by atoms with Crippen molar-refractivity contribution < 1.29 is 14.1 Å². The van der Waals surface area contributed by atoms with Gasteiger partial charge in [0.1, 0.15) is 17.4 Å². The van der Waals surface area contributed by atoms with Gasteiger partial charge in [-0.1, -0.05) is 0 Å². The molecule has 21 heavy (non-hydrogen) atoms. The van der Waals surface area contributed by atoms with Crippen LogP contribution in [-0.2, 0) is 0 Å². The van der Waals surface area contributed by atoms with Crippen molar-refractivity contribution in [1.82, 2.24) is 9.97 Å². The Labute approximate surface area is 118 Å². The molecule has 1 aliphatic rings. The van der Waals surface area contributed by atoms with Crippen molar-refractivity contribution >= 4 is 11.5 Å². The molecule has 0 bridgehead atoms. The summed E-state index contributed by atoms with van der Waals surface area (Å²) in [4.78, 5) is 18.1. The summed E-state index contributed by atoms with van der Waals surface area (Å²) in [5.41, 5.74) is 5.07. The lowest BCUT2D eigenvalue weighted by molar-refractivity contribution is -0.387. The number of rotatable bonds is 4. The molecule has 0 radical (unpaired) electrons. The summed E-state index contributed by atoms with van der Waals surface area (Å²) in [6.07, 6.45) is 2.02. The first-order valence-corrected chi connectivity index (χ1v) is 6.29. The molecule has 1 aromatic carbocycles. The third-order valence-electron chi connectivity index (χ3n) is 3.02. The van der Waals surface area contributed by atoms with Crippen LogP contribution in [0.3, 0.4) is 0 Å². The van der Waals surface area contributed by atoms with E-state index < -0.39 is 16.4 Å². The summed E-state index contributed by atoms with van der Waals surface area (Å²) in [6.45, 7) is 0. The average molecular weight is 290 g/mol. The SMILES string of the molecule is Nc1cc(Oc2ccc([N+](=O)[O-])c(F)c2)nc(C2CC2)n1. The van der Waals surface area contributed by atoms with Gasteiger partial charge in [0.2, 0.25) is 11.7 Å². The third-order valence-corrected chi connectivity index (χ3v) is 3.02. The fraction of sp³-hybridized carbons (Fsp3) is 0.231. The molecule has 7 nitrogen and oxygen atoms in total. The van der Waals surface area contributed by atoms with Gasteiger partial charge in [-0.3, -0.25) is 10.1 Å². The predicted molar refractivity (Wildman–Crippen MR) is 71.5 cm³/mol. The van der Waals surface area contributed by atoms with Crippen molar-refractivity contribution in [2.75, 3.05) is 5.73 Å². The monoisotopic (exact) mass is 290 g/mol. The van der Waals surface area contributed by atoms with Crippen molar-refractivity contribution in [2.24, 2.45) is 0 Å². The van der Waals surface area contributed by atoms with Crippen LogP contribution in [0.25, 0.3) is 0 Å². The van der Waals surface area contributed by atoms with E-state index in [1.54, 1.807) is 0 Å². The third kappa shape index (κ3) is 2.88. The normalized spacial score (nSPS) is 14.0. The van der Waals surface area contributed by atoms with Crippen LogP contribution in [-0.4, -0.2) is 14.9 Å². The molecule has 108 valence electrons. The molecule has 1 aliphatic carbocycles. The van der Waals surface area contributed by atoms with E-state index in [0.717, 1.165) is 25.0 Å². The molecule has 1 aromatic heterocycles. The Morgan fingerprint density at radius 3 is 2.71 bits per heavy atom. The Bertz CT molecular complexity index is 719. The van der Waals surface area contributed by atoms with Gasteiger partial charge in [-0.05, 0) is 18.9 Å². The van der Waals surface area contributed by atoms with Gasteiger partial charge >= 0.3 is 5.69 Å². The van der Waals surface area contributed by atoms with Gasteiger partial charge in [0.05, 0.1) is 4.92 Å². The fourth-order valence-electron chi connectivity index (χ4n) is 1.86. The van der Waals surface area contributed by atoms with E-state index in [4.69, 9.17) is 10.5 Å². The van der Waals surface area contributed by atoms with Crippen molar-refractivity contribution in [2.45, 2.75) is 18.8 Å². The molecule has 1 saturated carbocycles. The Balaban J connectivity index is 1.86. The first-order chi connectivity index (χ1) is 10.0. The van der Waals surface area contributed by atoms with E-state index in [9.17, 15) is 14.5 Å². The minimum absolute atomic E-state index is 0.109. The van der Waals surface area contributed by atoms with Gasteiger partial charge in [-0.15, -0.1) is 0 Å². The van der Waals surface area contributed by atoms with Gasteiger partial charge in [0.15, 0.2) is 0 Å². The highest BCUT2D eigenvalue weighted by Gasteiger charge is 2.27. The Kier molecular flexibility index (Phi) is 3.13. The number of nitrogens with two attached hydrogens (primary N) is 1. The first kappa shape index (κ1) is 13.2. The summed E-state index contributed by atoms with van der Waals surface area (Å²) in [5.74, 6) is 0.499. The molecule has 2 aromatic rings. The van der Waals surface area contributed by atoms with Crippen LogP contribution in [0.5, 0.6) is 11.6 Å². The van der Waals surface area contributed by atoms with Crippen LogP contribution in [0.1, 0.15) is 24.6 Å². The lowest BCUT2D eigenvalue weighted by atomic mass is 10.3. The Morgan fingerprint density at radius 1 is 1.33 bits per heavy atom. The van der Waals surface area contributed by atoms with Crippen LogP contribution in [0, 0.1) is 15.9 Å². The molecule has 8 heteroatoms. The number of nitro groups is 1. The highest BCUT2D eigenvalue weighted by molar-refractivity contribution is 5.41. The number of nitrogens with zero attached hydrogens (tertiary/aromatic N) is 3. The molecule has 1 fully saturated rings. The number of nitro benzene ring substituents is 1. The molecular formula is C13H11FN4O3. The maximum atomic E-state index is 13.5. The van der Waals surface area contributed by atoms with E-state index in [1.807, 2.05) is 0 Å². The second-order valence-corrected chi connectivity index (χ2v) is 4.74. The summed E-state index contributed by atoms with van der Waals surface area (Å²) in [7, 11) is 0. The second kappa shape index (κ2) is 4.97. The fourth-order valence-corrected chi connectivity index (χ4v) is 1.86. The number of nitrogen functional groups attached to an aromatic ring is 1. The maximum Gasteiger partial charge on any atom is 0.305 e. The van der Waals surface area contributed by atoms with Crippen molar-refractivity contribution in [3.63, 3.8) is 0 Å². The Hall–Kier alpha value is -2.77. The summed E-state index contributed by atoms with van der Waals surface area (Å²) in [6, 6.07) is 4.70. The molecule has 0 aliphatic heterocycles. The number of hydrogen-bond acceptors (Lipinski definition) is 6. The first-order valence-electron chi connectivity index (χ1n) is 6.29. The smallest absolute Gasteiger partial charge is 0.305 e. The van der Waals surface area contributed by atoms with Crippen LogP contribution in [0.15, 0.2) is 24.3 Å². The minimum Gasteiger partial charge on any atom is -0.439 e. The minimum atomic E-state index is -0.970. The highest BCUT2D eigenvalue weighted by atomic mass is 19.1. The highest BCUT2D eigenvalue weighted by Crippen LogP contribution is 2.39. The molecule has 1 heterocycles. The number of aromatic nitrogens is 2. The summed E-state index contributed by atoms with van der Waals surface area (Å²) in [5, 5.41) is 10.6. The van der Waals surface area contributed by atoms with Crippen molar-refractivity contribution in [3.8, 4) is 11.6 Å². The predicted octanol–water partition coefficient (Wildman–Crippen LogP) is 2.78. The van der Waals surface area contributed by atoms with Crippen LogP contribution in [0.4, 0.5) is 15.9 Å².